The van der Waals surface area contributed by atoms with Gasteiger partial charge in [0.25, 0.3) is 0 Å². The zero-order valence-corrected chi connectivity index (χ0v) is 10.8. The van der Waals surface area contributed by atoms with Crippen LogP contribution in [0, 0.1) is 0 Å². The number of nitrogens with zero attached hydrogens (tertiary/aromatic N) is 1. The Balaban J connectivity index is 2.20. The van der Waals surface area contributed by atoms with Crippen LogP contribution in [0.1, 0.15) is 28.9 Å². The van der Waals surface area contributed by atoms with Crippen molar-refractivity contribution in [1.82, 2.24) is 15.2 Å². The second-order valence-corrected chi connectivity index (χ2v) is 4.40. The molecule has 5 nitrogen and oxygen atoms in total. The minimum atomic E-state index is -3.17. The van der Waals surface area contributed by atoms with E-state index in [0.29, 0.717) is 0 Å². The van der Waals surface area contributed by atoms with Crippen LogP contribution in [0.15, 0.2) is 24.3 Å². The number of carbonyl (C=O) groups is 1. The smallest absolute Gasteiger partial charge is 0.407 e. The zero-order valence-electron chi connectivity index (χ0n) is 23.8. The number of hydrogen-bond acceptors (Lipinski definition) is 3. The number of hydrogen-bond donors (Lipinski definition) is 2. The number of aromatic amines is 1. The van der Waals surface area contributed by atoms with Gasteiger partial charge in [-0.1, -0.05) is 6.04 Å². The van der Waals surface area contributed by atoms with Crippen molar-refractivity contribution in [3.05, 3.63) is 35.5 Å². The molecule has 1 fully saturated rings. The van der Waals surface area contributed by atoms with E-state index in [1.165, 1.54) is 0 Å². The van der Waals surface area contributed by atoms with Gasteiger partial charge in [0.1, 0.15) is 6.61 Å². The van der Waals surface area contributed by atoms with Crippen LogP contribution in [0.25, 0.3) is 10.9 Å². The number of cyclic esters (lactones) is 1. The summed E-state index contributed by atoms with van der Waals surface area (Å²) >= 11 is 0. The van der Waals surface area contributed by atoms with Gasteiger partial charge < -0.3 is 19.9 Å². The molecule has 1 saturated heterocycles. The molecule has 0 radical (unpaired) electrons. The summed E-state index contributed by atoms with van der Waals surface area (Å²) in [5, 5.41) is 1.94. The largest absolute Gasteiger partial charge is 0.447 e. The summed E-state index contributed by atoms with van der Waals surface area (Å²) in [6.07, 6.45) is -5.10. The maximum atomic E-state index is 11.4. The molecule has 1 aliphatic heterocycles. The van der Waals surface area contributed by atoms with Gasteiger partial charge in [-0.3, -0.25) is 0 Å². The lowest BCUT2D eigenvalue weighted by Gasteiger charge is -2.09. The number of H-pyrrole nitrogens is 1. The molecule has 0 unspecified atom stereocenters. The van der Waals surface area contributed by atoms with Gasteiger partial charge in [0.05, 0.1) is 10.2 Å². The monoisotopic (exact) mass is 300 g/mol. The van der Waals surface area contributed by atoms with Crippen molar-refractivity contribution in [3.63, 3.8) is 0 Å². The number of amides is 1. The molecule has 21 heavy (non-hydrogen) atoms. The van der Waals surface area contributed by atoms with E-state index in [4.69, 9.17) is 22.6 Å². The fraction of sp³-hybridized carbons (Fsp3) is 0.438. The van der Waals surface area contributed by atoms with Gasteiger partial charge in [-0.2, -0.15) is 0 Å². The summed E-state index contributed by atoms with van der Waals surface area (Å²) in [5.74, 6) is 0. The second-order valence-electron chi connectivity index (χ2n) is 4.40. The van der Waals surface area contributed by atoms with Gasteiger partial charge in [-0.15, -0.1) is 0 Å². The van der Waals surface area contributed by atoms with Crippen LogP contribution in [0.2, 0.25) is 0 Å². The fourth-order valence-electron chi connectivity index (χ4n) is 1.95. The Hall–Kier alpha value is -2.01. The molecule has 3 rings (SSSR count). The molecule has 1 atom stereocenters. The highest BCUT2D eigenvalue weighted by Gasteiger charge is 2.22. The van der Waals surface area contributed by atoms with Gasteiger partial charge in [0, 0.05) is 37.4 Å². The van der Waals surface area contributed by atoms with E-state index in [1.807, 2.05) is 0 Å². The Kier molecular flexibility index (Phi) is 1.46. The maximum absolute atomic E-state index is 11.4. The van der Waals surface area contributed by atoms with E-state index in [1.54, 1.807) is 0 Å². The molecular weight excluding hydrogens is 266 g/mol. The molecule has 0 spiro atoms. The normalized spacial score (nSPS) is 29.9. The summed E-state index contributed by atoms with van der Waals surface area (Å²) in [6, 6.07) is -3.16. The molecule has 0 bridgehead atoms. The fourth-order valence-corrected chi connectivity index (χ4v) is 1.95. The SMILES string of the molecule is [2H]c1c(C([2H])([2H])[C@H]2COC(=O)N2)c([2H])c2c(C([2H])([2H])CN(C([2H])([2H])[2H])C([2H])([2H])[2H])c[nH]c2c1[2H]. The number of ether oxygens (including phenoxy) is 1. The number of aromatic nitrogens is 1. The van der Waals surface area contributed by atoms with Gasteiger partial charge >= 0.3 is 6.09 Å². The van der Waals surface area contributed by atoms with Gasteiger partial charge in [-0.25, -0.2) is 4.79 Å². The number of fused-ring (bicyclic) bond motifs is 1. The number of alkyl carbamates (subject to hydrolysis) is 1. The zero-order chi connectivity index (χ0) is 26.0. The summed E-state index contributed by atoms with van der Waals surface area (Å²) < 4.78 is 109. The molecule has 5 heteroatoms. The Morgan fingerprint density at radius 3 is 3.24 bits per heavy atom. The van der Waals surface area contributed by atoms with Gasteiger partial charge in [0.15, 0.2) is 0 Å². The number of benzene rings is 1. The van der Waals surface area contributed by atoms with Crippen molar-refractivity contribution in [2.24, 2.45) is 0 Å². The van der Waals surface area contributed by atoms with Crippen molar-refractivity contribution in [2.75, 3.05) is 27.1 Å². The van der Waals surface area contributed by atoms with Crippen LogP contribution in [-0.4, -0.2) is 49.1 Å². The van der Waals surface area contributed by atoms with Crippen molar-refractivity contribution in [1.29, 1.82) is 0 Å². The summed E-state index contributed by atoms with van der Waals surface area (Å²) in [4.78, 5) is 14.0. The molecule has 1 aliphatic rings. The lowest BCUT2D eigenvalue weighted by Crippen LogP contribution is -2.28. The molecule has 1 aromatic heterocycles. The average Bonchev–Trinajstić information content (AvgIpc) is 3.30. The first-order valence-corrected chi connectivity index (χ1v) is 6.13. The van der Waals surface area contributed by atoms with Crippen LogP contribution in [0.3, 0.4) is 0 Å². The molecule has 0 saturated carbocycles. The Bertz CT molecular complexity index is 1110. The molecule has 2 N–H and O–H groups in total. The van der Waals surface area contributed by atoms with E-state index >= 15 is 0 Å². The van der Waals surface area contributed by atoms with Crippen LogP contribution < -0.4 is 5.32 Å². The molecule has 0 aliphatic carbocycles. The van der Waals surface area contributed by atoms with E-state index in [2.05, 4.69) is 10.3 Å². The number of nitrogens with one attached hydrogen (secondary N) is 2. The quantitative estimate of drug-likeness (QED) is 0.887. The first-order chi connectivity index (χ1) is 15.3. The van der Waals surface area contributed by atoms with Crippen molar-refractivity contribution in [3.8, 4) is 0 Å². The molecule has 1 amide bonds. The summed E-state index contributed by atoms with van der Waals surface area (Å²) in [5.41, 5.74) is -1.14. The predicted octanol–water partition coefficient (Wildman–Crippen LogP) is 1.92. The third-order valence-corrected chi connectivity index (χ3v) is 2.86. The lowest BCUT2D eigenvalue weighted by molar-refractivity contribution is 0.177. The topological polar surface area (TPSA) is 57.4 Å². The number of likely N-dealkylation sites (N-methyl/N-ethyl adjacent to an activating group) is 1. The van der Waals surface area contributed by atoms with E-state index in [0.717, 1.165) is 6.20 Å². The predicted molar refractivity (Wildman–Crippen MR) is 82.5 cm³/mol. The van der Waals surface area contributed by atoms with Crippen molar-refractivity contribution in [2.45, 2.75) is 18.8 Å². The maximum Gasteiger partial charge on any atom is 0.407 e. The molecule has 2 aromatic rings. The van der Waals surface area contributed by atoms with Crippen LogP contribution in [-0.2, 0) is 17.5 Å². The highest BCUT2D eigenvalue weighted by Crippen LogP contribution is 2.21. The molecule has 1 aromatic carbocycles. The molecule has 112 valence electrons. The van der Waals surface area contributed by atoms with Crippen molar-refractivity contribution >= 4 is 17.0 Å². The molecular formula is C16H21N3O2. The highest BCUT2D eigenvalue weighted by atomic mass is 16.6. The lowest BCUT2D eigenvalue weighted by atomic mass is 10.0. The summed E-state index contributed by atoms with van der Waals surface area (Å²) in [7, 11) is 0. The minimum Gasteiger partial charge on any atom is -0.447 e. The Morgan fingerprint density at radius 1 is 1.57 bits per heavy atom. The first kappa shape index (κ1) is 5.32. The second kappa shape index (κ2) is 5.77. The van der Waals surface area contributed by atoms with Crippen LogP contribution >= 0.6 is 0 Å². The highest BCUT2D eigenvalue weighted by molar-refractivity contribution is 5.84. The molecule has 2 heterocycles. The number of carbonyl (C=O) groups excluding carboxylic acids is 1. The van der Waals surface area contributed by atoms with E-state index in [9.17, 15) is 4.79 Å². The third kappa shape index (κ3) is 3.19. The standard InChI is InChI=1S/C16H21N3O2/c1-19(2)6-5-12-9-17-15-4-3-11(8-14(12)15)7-13-10-21-16(20)18-13/h3-4,8-9,13,17H,5-7,10H2,1-2H3,(H,18,20)/t13-/m0/s1/i1D3,2D3,3D,4D,5D2,7D2,8D. The van der Waals surface area contributed by atoms with Gasteiger partial charge in [-0.05, 0) is 49.9 Å². The minimum absolute atomic E-state index is 0.0223. The first-order valence-electron chi connectivity index (χ1n) is 12.6. The van der Waals surface area contributed by atoms with Crippen molar-refractivity contribution < 1.29 is 27.4 Å². The van der Waals surface area contributed by atoms with Crippen LogP contribution in [0.5, 0.6) is 0 Å². The Morgan fingerprint density at radius 2 is 2.48 bits per heavy atom. The van der Waals surface area contributed by atoms with Gasteiger partial charge in [0.2, 0.25) is 0 Å². The van der Waals surface area contributed by atoms with E-state index < -0.39 is 75.7 Å². The summed E-state index contributed by atoms with van der Waals surface area (Å²) in [6.45, 7) is -7.88. The Labute approximate surface area is 142 Å². The average molecular weight is 300 g/mol. The van der Waals surface area contributed by atoms with E-state index in [-0.39, 0.29) is 21.4 Å². The third-order valence-electron chi connectivity index (χ3n) is 2.86. The van der Waals surface area contributed by atoms with Crippen LogP contribution in [0.4, 0.5) is 4.79 Å². The number of rotatable bonds is 5.